The molecule has 0 amide bonds. The van der Waals surface area contributed by atoms with Crippen molar-refractivity contribution in [2.24, 2.45) is 5.41 Å². The molecule has 0 N–H and O–H groups in total. The van der Waals surface area contributed by atoms with Crippen LogP contribution in [0.15, 0.2) is 0 Å². The number of hydrogen-bond donors (Lipinski definition) is 0. The van der Waals surface area contributed by atoms with Crippen LogP contribution in [0.5, 0.6) is 0 Å². The lowest BCUT2D eigenvalue weighted by Gasteiger charge is -2.28. The Morgan fingerprint density at radius 1 is 0.842 bits per heavy atom. The van der Waals surface area contributed by atoms with E-state index in [0.29, 0.717) is 12.8 Å². The molecular weight excluding hydrogens is 292 g/mol. The molecule has 0 radical (unpaired) electrons. The maximum absolute atomic E-state index is 10.9. The molecule has 0 aromatic carbocycles. The van der Waals surface area contributed by atoms with Crippen LogP contribution in [-0.4, -0.2) is 42.6 Å². The van der Waals surface area contributed by atoms with E-state index in [9.17, 15) is 16.8 Å². The third-order valence-corrected chi connectivity index (χ3v) is 4.71. The van der Waals surface area contributed by atoms with Crippen LogP contribution in [0.4, 0.5) is 0 Å². The molecule has 19 heavy (non-hydrogen) atoms. The van der Waals surface area contributed by atoms with Crippen molar-refractivity contribution in [3.63, 3.8) is 0 Å². The van der Waals surface area contributed by atoms with Gasteiger partial charge in [-0.15, -0.1) is 0 Å². The van der Waals surface area contributed by atoms with E-state index in [1.54, 1.807) is 0 Å². The van der Waals surface area contributed by atoms with Crippen molar-refractivity contribution in [2.45, 2.75) is 38.5 Å². The zero-order valence-corrected chi connectivity index (χ0v) is 13.1. The molecule has 8 heteroatoms. The number of rotatable bonds is 8. The summed E-state index contributed by atoms with van der Waals surface area (Å²) in [5.74, 6) is 0. The molecule has 1 aliphatic carbocycles. The first-order valence-electron chi connectivity index (χ1n) is 6.31. The van der Waals surface area contributed by atoms with Crippen LogP contribution in [0.3, 0.4) is 0 Å². The largest absolute Gasteiger partial charge is 0.270 e. The molecule has 1 saturated carbocycles. The van der Waals surface area contributed by atoms with Gasteiger partial charge in [0.2, 0.25) is 0 Å². The molecular formula is C11H22O6S2. The van der Waals surface area contributed by atoms with Crippen LogP contribution in [0.2, 0.25) is 0 Å². The summed E-state index contributed by atoms with van der Waals surface area (Å²) in [6, 6.07) is 0. The predicted octanol–water partition coefficient (Wildman–Crippen LogP) is 1.28. The van der Waals surface area contributed by atoms with Crippen molar-refractivity contribution >= 4 is 20.2 Å². The van der Waals surface area contributed by atoms with Crippen LogP contribution >= 0.6 is 0 Å². The van der Waals surface area contributed by atoms with Gasteiger partial charge >= 0.3 is 0 Å². The van der Waals surface area contributed by atoms with E-state index in [4.69, 9.17) is 8.37 Å². The van der Waals surface area contributed by atoms with Crippen molar-refractivity contribution in [3.05, 3.63) is 0 Å². The Morgan fingerprint density at radius 2 is 1.21 bits per heavy atom. The Morgan fingerprint density at radius 3 is 1.53 bits per heavy atom. The monoisotopic (exact) mass is 314 g/mol. The van der Waals surface area contributed by atoms with Crippen LogP contribution in [-0.2, 0) is 28.6 Å². The Balaban J connectivity index is 2.45. The SMILES string of the molecule is CS(=O)(=O)OCCC1(CCOS(C)(=O)=O)CCCC1. The zero-order valence-electron chi connectivity index (χ0n) is 11.4. The summed E-state index contributed by atoms with van der Waals surface area (Å²) in [5, 5.41) is 0. The van der Waals surface area contributed by atoms with Crippen molar-refractivity contribution < 1.29 is 25.2 Å². The second-order valence-corrected chi connectivity index (χ2v) is 8.55. The van der Waals surface area contributed by atoms with Gasteiger partial charge in [0.25, 0.3) is 20.2 Å². The van der Waals surface area contributed by atoms with Gasteiger partial charge in [-0.2, -0.15) is 16.8 Å². The molecule has 114 valence electrons. The van der Waals surface area contributed by atoms with E-state index in [1.165, 1.54) is 0 Å². The number of hydrogen-bond acceptors (Lipinski definition) is 6. The molecule has 0 spiro atoms. The third-order valence-electron chi connectivity index (χ3n) is 3.52. The van der Waals surface area contributed by atoms with Gasteiger partial charge < -0.3 is 0 Å². The maximum atomic E-state index is 10.9. The molecule has 1 rings (SSSR count). The minimum atomic E-state index is -3.41. The van der Waals surface area contributed by atoms with E-state index >= 15 is 0 Å². The van der Waals surface area contributed by atoms with E-state index in [1.807, 2.05) is 0 Å². The van der Waals surface area contributed by atoms with Gasteiger partial charge in [0.1, 0.15) is 0 Å². The normalized spacial score (nSPS) is 19.7. The summed E-state index contributed by atoms with van der Waals surface area (Å²) in [7, 11) is -6.83. The van der Waals surface area contributed by atoms with E-state index in [2.05, 4.69) is 0 Å². The smallest absolute Gasteiger partial charge is 0.264 e. The highest BCUT2D eigenvalue weighted by atomic mass is 32.2. The van der Waals surface area contributed by atoms with Crippen LogP contribution in [0.1, 0.15) is 38.5 Å². The molecule has 0 bridgehead atoms. The molecule has 0 aromatic heterocycles. The van der Waals surface area contributed by atoms with Gasteiger partial charge in [0, 0.05) is 0 Å². The van der Waals surface area contributed by atoms with Crippen LogP contribution in [0.25, 0.3) is 0 Å². The molecule has 0 saturated heterocycles. The fraction of sp³-hybridized carbons (Fsp3) is 1.00. The highest BCUT2D eigenvalue weighted by Crippen LogP contribution is 2.44. The predicted molar refractivity (Wildman–Crippen MR) is 71.7 cm³/mol. The summed E-state index contributed by atoms with van der Waals surface area (Å²) >= 11 is 0. The second-order valence-electron chi connectivity index (χ2n) is 5.26. The molecule has 0 heterocycles. The standard InChI is InChI=1S/C11H22O6S2/c1-18(12,13)16-9-7-11(5-3-4-6-11)8-10-17-19(2,14)15/h3-10H2,1-2H3. The van der Waals surface area contributed by atoms with E-state index < -0.39 is 20.2 Å². The van der Waals surface area contributed by atoms with Gasteiger partial charge in [0.15, 0.2) is 0 Å². The zero-order chi connectivity index (χ0) is 14.6. The summed E-state index contributed by atoms with van der Waals surface area (Å²) in [6.45, 7) is 0.301. The highest BCUT2D eigenvalue weighted by molar-refractivity contribution is 7.86. The van der Waals surface area contributed by atoms with Crippen molar-refractivity contribution in [3.8, 4) is 0 Å². The Hall–Kier alpha value is -0.180. The highest BCUT2D eigenvalue weighted by Gasteiger charge is 2.33. The molecule has 0 atom stereocenters. The average Bonchev–Trinajstić information content (AvgIpc) is 2.63. The molecule has 6 nitrogen and oxygen atoms in total. The van der Waals surface area contributed by atoms with Gasteiger partial charge in [-0.1, -0.05) is 12.8 Å². The third kappa shape index (κ3) is 7.24. The second kappa shape index (κ2) is 6.51. The minimum Gasteiger partial charge on any atom is -0.270 e. The fourth-order valence-electron chi connectivity index (χ4n) is 2.57. The van der Waals surface area contributed by atoms with Crippen molar-refractivity contribution in [1.82, 2.24) is 0 Å². The molecule has 0 aromatic rings. The first-order valence-corrected chi connectivity index (χ1v) is 9.94. The summed E-state index contributed by atoms with van der Waals surface area (Å²) in [6.07, 6.45) is 7.39. The average molecular weight is 314 g/mol. The van der Waals surface area contributed by atoms with Gasteiger partial charge in [-0.3, -0.25) is 8.37 Å². The van der Waals surface area contributed by atoms with Gasteiger partial charge in [-0.05, 0) is 31.1 Å². The summed E-state index contributed by atoms with van der Waals surface area (Å²) < 4.78 is 53.3. The molecule has 1 fully saturated rings. The fourth-order valence-corrected chi connectivity index (χ4v) is 3.34. The molecule has 0 aliphatic heterocycles. The summed E-state index contributed by atoms with van der Waals surface area (Å²) in [5.41, 5.74) is -0.0462. The maximum Gasteiger partial charge on any atom is 0.264 e. The van der Waals surface area contributed by atoms with Crippen molar-refractivity contribution in [1.29, 1.82) is 0 Å². The van der Waals surface area contributed by atoms with E-state index in [0.717, 1.165) is 38.2 Å². The minimum absolute atomic E-state index is 0.0462. The lowest BCUT2D eigenvalue weighted by Crippen LogP contribution is -2.23. The Labute approximate surface area is 115 Å². The van der Waals surface area contributed by atoms with Crippen LogP contribution in [0, 0.1) is 5.41 Å². The quantitative estimate of drug-likeness (QED) is 0.627. The van der Waals surface area contributed by atoms with Crippen LogP contribution < -0.4 is 0 Å². The van der Waals surface area contributed by atoms with E-state index in [-0.39, 0.29) is 18.6 Å². The molecule has 1 aliphatic rings. The van der Waals surface area contributed by atoms with Gasteiger partial charge in [-0.25, -0.2) is 0 Å². The Kier molecular flexibility index (Phi) is 5.78. The Bertz CT molecular complexity index is 433. The first kappa shape index (κ1) is 16.9. The topological polar surface area (TPSA) is 86.7 Å². The lowest BCUT2D eigenvalue weighted by atomic mass is 9.80. The first-order chi connectivity index (χ1) is 8.62. The summed E-state index contributed by atoms with van der Waals surface area (Å²) in [4.78, 5) is 0. The van der Waals surface area contributed by atoms with Gasteiger partial charge in [0.05, 0.1) is 25.7 Å². The lowest BCUT2D eigenvalue weighted by molar-refractivity contribution is 0.158. The van der Waals surface area contributed by atoms with Crippen molar-refractivity contribution in [2.75, 3.05) is 25.7 Å². The molecule has 0 unspecified atom stereocenters.